The van der Waals surface area contributed by atoms with E-state index in [2.05, 4.69) is 11.0 Å². The van der Waals surface area contributed by atoms with Gasteiger partial charge in [0, 0.05) is 29.2 Å². The van der Waals surface area contributed by atoms with Crippen LogP contribution in [0.2, 0.25) is 10.0 Å². The zero-order valence-electron chi connectivity index (χ0n) is 26.8. The highest BCUT2D eigenvalue weighted by molar-refractivity contribution is 7.84. The third-order valence-electron chi connectivity index (χ3n) is 9.02. The van der Waals surface area contributed by atoms with E-state index in [4.69, 9.17) is 27.9 Å². The summed E-state index contributed by atoms with van der Waals surface area (Å²) in [4.78, 5) is 31.3. The van der Waals surface area contributed by atoms with Crippen molar-refractivity contribution >= 4 is 56.7 Å². The number of hydrogen-bond acceptors (Lipinski definition) is 6. The Balaban J connectivity index is 1.39. The topological polar surface area (TPSA) is 90.7 Å². The number of methoxy groups -OCH3 is 1. The molecule has 2 atom stereocenters. The normalized spacial score (nSPS) is 15.1. The first-order valence-corrected chi connectivity index (χ1v) is 18.0. The summed E-state index contributed by atoms with van der Waals surface area (Å²) in [6.07, 6.45) is 3.89. The quantitative estimate of drug-likeness (QED) is 0.150. The van der Waals surface area contributed by atoms with Gasteiger partial charge in [0.1, 0.15) is 12.4 Å². The Morgan fingerprint density at radius 3 is 2.50 bits per heavy atom. The Bertz CT molecular complexity index is 1890. The molecule has 0 saturated carbocycles. The fourth-order valence-electron chi connectivity index (χ4n) is 6.46. The van der Waals surface area contributed by atoms with E-state index in [0.717, 1.165) is 42.4 Å². The Hall–Kier alpha value is -3.81. The van der Waals surface area contributed by atoms with Crippen molar-refractivity contribution < 1.29 is 22.9 Å². The van der Waals surface area contributed by atoms with Crippen LogP contribution in [0.3, 0.4) is 0 Å². The molecule has 0 spiro atoms. The first-order chi connectivity index (χ1) is 23.1. The highest BCUT2D eigenvalue weighted by Crippen LogP contribution is 2.34. The molecule has 0 bridgehead atoms. The molecule has 1 fully saturated rings. The second kappa shape index (κ2) is 16.1. The van der Waals surface area contributed by atoms with Crippen LogP contribution >= 0.6 is 23.2 Å². The molecule has 11 heteroatoms. The molecule has 1 aliphatic heterocycles. The molecule has 0 aliphatic carbocycles. The minimum Gasteiger partial charge on any atom is -0.468 e. The van der Waals surface area contributed by atoms with Gasteiger partial charge >= 0.3 is 5.97 Å². The van der Waals surface area contributed by atoms with E-state index in [1.54, 1.807) is 36.6 Å². The zero-order valence-corrected chi connectivity index (χ0v) is 29.1. The number of ether oxygens (including phenoxy) is 1. The number of likely N-dealkylation sites (tertiary alicyclic amines) is 1. The second-order valence-electron chi connectivity index (χ2n) is 12.0. The summed E-state index contributed by atoms with van der Waals surface area (Å²) in [6, 6.07) is 22.8. The van der Waals surface area contributed by atoms with Crippen LogP contribution in [0.5, 0.6) is 0 Å². The molecule has 1 aliphatic rings. The Morgan fingerprint density at radius 2 is 1.81 bits per heavy atom. The zero-order chi connectivity index (χ0) is 34.4. The van der Waals surface area contributed by atoms with E-state index >= 15 is 0 Å². The average molecular weight is 709 g/mol. The lowest BCUT2D eigenvalue weighted by molar-refractivity contribution is -0.141. The van der Waals surface area contributed by atoms with Crippen LogP contribution in [-0.4, -0.2) is 72.0 Å². The van der Waals surface area contributed by atoms with Crippen molar-refractivity contribution in [3.8, 4) is 6.07 Å². The van der Waals surface area contributed by atoms with Crippen molar-refractivity contribution in [1.29, 1.82) is 5.26 Å². The molecule has 250 valence electrons. The summed E-state index contributed by atoms with van der Waals surface area (Å²) < 4.78 is 31.2. The van der Waals surface area contributed by atoms with E-state index in [9.17, 15) is 23.5 Å². The van der Waals surface area contributed by atoms with Gasteiger partial charge in [0.15, 0.2) is 0 Å². The predicted molar refractivity (Wildman–Crippen MR) is 188 cm³/mol. The maximum Gasteiger partial charge on any atom is 0.325 e. The van der Waals surface area contributed by atoms with Gasteiger partial charge in [-0.25, -0.2) is 4.39 Å². The van der Waals surface area contributed by atoms with Gasteiger partial charge in [-0.2, -0.15) is 5.26 Å². The lowest BCUT2D eigenvalue weighted by Gasteiger charge is -2.34. The standard InChI is InChI=1S/C37H36Cl2FN3O4S/c1-47-36(44)23-43(37(45)32-18-24(21-41)17-27-5-3-4-6-30(27)32)22-28(26-7-10-33(38)34(39)19-26)13-16-42-14-11-25(12-15-42)31-9-8-29(40)20-35(31)48(2)46/h3-10,17-20,25,28H,11-16,22-23H2,1-2H3/t28-,48+/m1/s1. The van der Waals surface area contributed by atoms with Crippen LogP contribution in [0.1, 0.15) is 58.1 Å². The maximum absolute atomic E-state index is 14.2. The maximum atomic E-state index is 14.2. The molecule has 0 aromatic heterocycles. The third-order valence-corrected chi connectivity index (χ3v) is 10.7. The van der Waals surface area contributed by atoms with Gasteiger partial charge < -0.3 is 14.5 Å². The number of amides is 1. The number of nitrogens with zero attached hydrogens (tertiary/aromatic N) is 3. The fraction of sp³-hybridized carbons (Fsp3) is 0.324. The SMILES string of the molecule is COC(=O)CN(C[C@@H](CCN1CCC(c2ccc(F)cc2[S@](C)=O)CC1)c1ccc(Cl)c(Cl)c1)C(=O)c1cc(C#N)cc2ccccc12. The number of nitriles is 1. The van der Waals surface area contributed by atoms with Crippen LogP contribution in [0.15, 0.2) is 77.7 Å². The van der Waals surface area contributed by atoms with Gasteiger partial charge in [-0.1, -0.05) is 59.6 Å². The van der Waals surface area contributed by atoms with Crippen LogP contribution in [-0.2, 0) is 20.3 Å². The number of piperidine rings is 1. The fourth-order valence-corrected chi connectivity index (χ4v) is 7.61. The number of carbonyl (C=O) groups is 2. The molecule has 0 unspecified atom stereocenters. The highest BCUT2D eigenvalue weighted by Gasteiger charge is 2.28. The summed E-state index contributed by atoms with van der Waals surface area (Å²) in [5.74, 6) is -1.38. The van der Waals surface area contributed by atoms with E-state index in [1.165, 1.54) is 24.1 Å². The molecule has 7 nitrogen and oxygen atoms in total. The summed E-state index contributed by atoms with van der Waals surface area (Å²) in [6.45, 7) is 2.21. The van der Waals surface area contributed by atoms with Gasteiger partial charge in [-0.05, 0) is 103 Å². The lowest BCUT2D eigenvalue weighted by Crippen LogP contribution is -2.40. The summed E-state index contributed by atoms with van der Waals surface area (Å²) >= 11 is 12.7. The molecule has 0 N–H and O–H groups in total. The van der Waals surface area contributed by atoms with E-state index in [-0.39, 0.29) is 36.6 Å². The Kier molecular flexibility index (Phi) is 11.9. The smallest absolute Gasteiger partial charge is 0.325 e. The predicted octanol–water partition coefficient (Wildman–Crippen LogP) is 7.56. The van der Waals surface area contributed by atoms with Crippen LogP contribution in [0.25, 0.3) is 10.8 Å². The number of fused-ring (bicyclic) bond motifs is 1. The van der Waals surface area contributed by atoms with Crippen molar-refractivity contribution in [3.63, 3.8) is 0 Å². The molecular formula is C37H36Cl2FN3O4S. The van der Waals surface area contributed by atoms with Gasteiger partial charge in [-0.3, -0.25) is 13.8 Å². The summed E-state index contributed by atoms with van der Waals surface area (Å²) in [5.41, 5.74) is 2.49. The molecule has 1 saturated heterocycles. The minimum absolute atomic E-state index is 0.179. The molecule has 1 amide bonds. The van der Waals surface area contributed by atoms with Crippen molar-refractivity contribution in [2.75, 3.05) is 46.1 Å². The molecular weight excluding hydrogens is 672 g/mol. The van der Waals surface area contributed by atoms with Crippen molar-refractivity contribution in [2.45, 2.75) is 36.0 Å². The first kappa shape index (κ1) is 35.5. The number of carbonyl (C=O) groups excluding carboxylic acids is 2. The summed E-state index contributed by atoms with van der Waals surface area (Å²) in [7, 11) is -0.00794. The van der Waals surface area contributed by atoms with Gasteiger partial charge in [0.2, 0.25) is 0 Å². The lowest BCUT2D eigenvalue weighted by atomic mass is 9.88. The first-order valence-electron chi connectivity index (χ1n) is 15.7. The van der Waals surface area contributed by atoms with Gasteiger partial charge in [-0.15, -0.1) is 0 Å². The van der Waals surface area contributed by atoms with Crippen molar-refractivity contribution in [3.05, 3.63) is 111 Å². The summed E-state index contributed by atoms with van der Waals surface area (Å²) in [5, 5.41) is 11.9. The average Bonchev–Trinajstić information content (AvgIpc) is 3.10. The monoisotopic (exact) mass is 707 g/mol. The van der Waals surface area contributed by atoms with E-state index in [0.29, 0.717) is 44.4 Å². The molecule has 4 aromatic rings. The number of esters is 1. The Labute approximate surface area is 292 Å². The number of hydrogen-bond donors (Lipinski definition) is 0. The third kappa shape index (κ3) is 8.42. The van der Waals surface area contributed by atoms with Crippen molar-refractivity contribution in [1.82, 2.24) is 9.80 Å². The van der Waals surface area contributed by atoms with E-state index < -0.39 is 16.8 Å². The van der Waals surface area contributed by atoms with Crippen molar-refractivity contribution in [2.24, 2.45) is 0 Å². The molecule has 5 rings (SSSR count). The van der Waals surface area contributed by atoms with Gasteiger partial charge in [0.25, 0.3) is 5.91 Å². The molecule has 1 heterocycles. The largest absolute Gasteiger partial charge is 0.468 e. The number of benzene rings is 4. The number of halogens is 3. The van der Waals surface area contributed by atoms with E-state index in [1.807, 2.05) is 30.3 Å². The molecule has 48 heavy (non-hydrogen) atoms. The molecule has 4 aromatic carbocycles. The van der Waals surface area contributed by atoms with Crippen LogP contribution < -0.4 is 0 Å². The minimum atomic E-state index is -1.29. The Morgan fingerprint density at radius 1 is 1.06 bits per heavy atom. The second-order valence-corrected chi connectivity index (χ2v) is 14.2. The van der Waals surface area contributed by atoms with Gasteiger partial charge in [0.05, 0.1) is 39.6 Å². The number of rotatable bonds is 11. The van der Waals surface area contributed by atoms with Crippen LogP contribution in [0, 0.1) is 17.1 Å². The highest BCUT2D eigenvalue weighted by atomic mass is 35.5. The van der Waals surface area contributed by atoms with Crippen LogP contribution in [0.4, 0.5) is 4.39 Å². The molecule has 0 radical (unpaired) electrons.